The standard InChI is InChI=1S/C14H26ClN3S/c1-11(2)9-18(6-5-17(3)4)13(8-16)14-7-12(15)10-19-14/h7,10-11,13H,5-6,8-9,16H2,1-4H3. The van der Waals surface area contributed by atoms with Crippen LogP contribution in [0.25, 0.3) is 0 Å². The highest BCUT2D eigenvalue weighted by Gasteiger charge is 2.21. The molecule has 1 aromatic heterocycles. The SMILES string of the molecule is CC(C)CN(CCN(C)C)C(CN)c1cc(Cl)cs1. The fraction of sp³-hybridized carbons (Fsp3) is 0.714. The van der Waals surface area contributed by atoms with Gasteiger partial charge in [0.25, 0.3) is 0 Å². The predicted molar refractivity (Wildman–Crippen MR) is 86.1 cm³/mol. The summed E-state index contributed by atoms with van der Waals surface area (Å²) in [6.07, 6.45) is 0. The third-order valence-electron chi connectivity index (χ3n) is 3.01. The fourth-order valence-corrected chi connectivity index (χ4v) is 3.35. The van der Waals surface area contributed by atoms with Crippen molar-refractivity contribution < 1.29 is 0 Å². The molecule has 0 aromatic carbocycles. The van der Waals surface area contributed by atoms with Crippen molar-refractivity contribution in [3.05, 3.63) is 21.3 Å². The Labute approximate surface area is 126 Å². The van der Waals surface area contributed by atoms with Crippen LogP contribution in [0.5, 0.6) is 0 Å². The van der Waals surface area contributed by atoms with Crippen LogP contribution in [0.1, 0.15) is 24.8 Å². The summed E-state index contributed by atoms with van der Waals surface area (Å²) in [6, 6.07) is 2.33. The molecular formula is C14H26ClN3S. The molecular weight excluding hydrogens is 278 g/mol. The first-order valence-electron chi connectivity index (χ1n) is 6.76. The van der Waals surface area contributed by atoms with Gasteiger partial charge in [0.05, 0.1) is 11.1 Å². The van der Waals surface area contributed by atoms with E-state index in [1.165, 1.54) is 4.88 Å². The number of nitrogens with two attached hydrogens (primary N) is 1. The average molecular weight is 304 g/mol. The van der Waals surface area contributed by atoms with Crippen LogP contribution in [0.4, 0.5) is 0 Å². The van der Waals surface area contributed by atoms with E-state index in [1.54, 1.807) is 11.3 Å². The third kappa shape index (κ3) is 5.79. The number of hydrogen-bond donors (Lipinski definition) is 1. The van der Waals surface area contributed by atoms with Gasteiger partial charge in [0.15, 0.2) is 0 Å². The minimum absolute atomic E-state index is 0.278. The van der Waals surface area contributed by atoms with E-state index in [4.69, 9.17) is 17.3 Å². The summed E-state index contributed by atoms with van der Waals surface area (Å²) in [7, 11) is 4.21. The van der Waals surface area contributed by atoms with Gasteiger partial charge >= 0.3 is 0 Å². The zero-order valence-electron chi connectivity index (χ0n) is 12.4. The Hall–Kier alpha value is -0.130. The number of thiophene rings is 1. The van der Waals surface area contributed by atoms with Gasteiger partial charge in [-0.2, -0.15) is 0 Å². The van der Waals surface area contributed by atoms with Gasteiger partial charge in [0.2, 0.25) is 0 Å². The van der Waals surface area contributed by atoms with Crippen LogP contribution in [-0.2, 0) is 0 Å². The lowest BCUT2D eigenvalue weighted by atomic mass is 10.1. The summed E-state index contributed by atoms with van der Waals surface area (Å²) in [4.78, 5) is 5.96. The van der Waals surface area contributed by atoms with Gasteiger partial charge in [-0.05, 0) is 26.1 Å². The molecule has 0 aliphatic carbocycles. The lowest BCUT2D eigenvalue weighted by Gasteiger charge is -2.32. The van der Waals surface area contributed by atoms with E-state index in [0.717, 1.165) is 24.7 Å². The van der Waals surface area contributed by atoms with E-state index >= 15 is 0 Å². The molecule has 5 heteroatoms. The maximum Gasteiger partial charge on any atom is 0.0565 e. The maximum absolute atomic E-state index is 6.04. The molecule has 0 bridgehead atoms. The van der Waals surface area contributed by atoms with Crippen LogP contribution in [0.3, 0.4) is 0 Å². The first-order valence-corrected chi connectivity index (χ1v) is 8.02. The van der Waals surface area contributed by atoms with E-state index in [1.807, 2.05) is 11.4 Å². The molecule has 0 spiro atoms. The molecule has 0 amide bonds. The van der Waals surface area contributed by atoms with Crippen LogP contribution < -0.4 is 5.73 Å². The van der Waals surface area contributed by atoms with Gasteiger partial charge in [-0.25, -0.2) is 0 Å². The second-order valence-corrected chi connectivity index (χ2v) is 6.99. The summed E-state index contributed by atoms with van der Waals surface area (Å²) in [5.41, 5.74) is 6.01. The monoisotopic (exact) mass is 303 g/mol. The third-order valence-corrected chi connectivity index (χ3v) is 4.40. The molecule has 0 saturated heterocycles. The van der Waals surface area contributed by atoms with Crippen LogP contribution >= 0.6 is 22.9 Å². The molecule has 0 aliphatic rings. The largest absolute Gasteiger partial charge is 0.329 e. The van der Waals surface area contributed by atoms with Crippen LogP contribution in [0.15, 0.2) is 11.4 Å². The van der Waals surface area contributed by atoms with Crippen molar-refractivity contribution in [1.29, 1.82) is 0 Å². The highest BCUT2D eigenvalue weighted by Crippen LogP contribution is 2.29. The van der Waals surface area contributed by atoms with E-state index in [9.17, 15) is 0 Å². The van der Waals surface area contributed by atoms with Gasteiger partial charge in [-0.15, -0.1) is 11.3 Å². The summed E-state index contributed by atoms with van der Waals surface area (Å²) in [6.45, 7) is 8.27. The van der Waals surface area contributed by atoms with Crippen molar-refractivity contribution in [2.24, 2.45) is 11.7 Å². The predicted octanol–water partition coefficient (Wildman–Crippen LogP) is 2.92. The molecule has 2 N–H and O–H groups in total. The molecule has 3 nitrogen and oxygen atoms in total. The van der Waals surface area contributed by atoms with Crippen molar-refractivity contribution in [2.75, 3.05) is 40.3 Å². The van der Waals surface area contributed by atoms with Gasteiger partial charge in [-0.3, -0.25) is 4.90 Å². The Balaban J connectivity index is 2.79. The second kappa shape index (κ2) is 8.22. The molecule has 0 aliphatic heterocycles. The Morgan fingerprint density at radius 2 is 2.00 bits per heavy atom. The van der Waals surface area contributed by atoms with Gasteiger partial charge in [0.1, 0.15) is 0 Å². The number of nitrogens with zero attached hydrogens (tertiary/aromatic N) is 2. The fourth-order valence-electron chi connectivity index (χ4n) is 2.12. The molecule has 0 radical (unpaired) electrons. The van der Waals surface area contributed by atoms with Crippen LogP contribution in [-0.4, -0.2) is 50.1 Å². The Morgan fingerprint density at radius 1 is 1.32 bits per heavy atom. The lowest BCUT2D eigenvalue weighted by molar-refractivity contribution is 0.166. The highest BCUT2D eigenvalue weighted by atomic mass is 35.5. The van der Waals surface area contributed by atoms with E-state index in [2.05, 4.69) is 37.7 Å². The number of hydrogen-bond acceptors (Lipinski definition) is 4. The summed E-state index contributed by atoms with van der Waals surface area (Å²) in [5.74, 6) is 0.631. The molecule has 1 unspecified atom stereocenters. The Bertz CT molecular complexity index is 365. The molecule has 110 valence electrons. The average Bonchev–Trinajstić information content (AvgIpc) is 2.72. The maximum atomic E-state index is 6.04. The molecule has 1 atom stereocenters. The smallest absolute Gasteiger partial charge is 0.0565 e. The Morgan fingerprint density at radius 3 is 2.42 bits per heavy atom. The van der Waals surface area contributed by atoms with Crippen LogP contribution in [0, 0.1) is 5.92 Å². The summed E-state index contributed by atoms with van der Waals surface area (Å²) in [5, 5.41) is 2.80. The molecule has 1 heterocycles. The first-order chi connectivity index (χ1) is 8.93. The van der Waals surface area contributed by atoms with E-state index in [-0.39, 0.29) is 6.04 Å². The number of rotatable bonds is 8. The van der Waals surface area contributed by atoms with E-state index in [0.29, 0.717) is 12.5 Å². The van der Waals surface area contributed by atoms with Gasteiger partial charge < -0.3 is 10.6 Å². The van der Waals surface area contributed by atoms with Gasteiger partial charge in [-0.1, -0.05) is 25.4 Å². The Kier molecular flexibility index (Phi) is 7.32. The zero-order chi connectivity index (χ0) is 14.4. The molecule has 0 saturated carbocycles. The van der Waals surface area contributed by atoms with Gasteiger partial charge in [0, 0.05) is 36.4 Å². The minimum Gasteiger partial charge on any atom is -0.329 e. The van der Waals surface area contributed by atoms with Crippen molar-refractivity contribution in [3.63, 3.8) is 0 Å². The zero-order valence-corrected chi connectivity index (χ0v) is 14.0. The van der Waals surface area contributed by atoms with Crippen molar-refractivity contribution >= 4 is 22.9 Å². The highest BCUT2D eigenvalue weighted by molar-refractivity contribution is 7.10. The van der Waals surface area contributed by atoms with Crippen LogP contribution in [0.2, 0.25) is 5.02 Å². The quantitative estimate of drug-likeness (QED) is 0.801. The minimum atomic E-state index is 0.278. The normalized spacial score (nSPS) is 13.7. The second-order valence-electron chi connectivity index (χ2n) is 5.61. The lowest BCUT2D eigenvalue weighted by Crippen LogP contribution is -2.40. The number of halogens is 1. The molecule has 1 rings (SSSR count). The number of likely N-dealkylation sites (N-methyl/N-ethyl adjacent to an activating group) is 1. The molecule has 19 heavy (non-hydrogen) atoms. The molecule has 1 aromatic rings. The summed E-state index contributed by atoms with van der Waals surface area (Å²) >= 11 is 7.75. The first kappa shape index (κ1) is 16.9. The van der Waals surface area contributed by atoms with E-state index < -0.39 is 0 Å². The van der Waals surface area contributed by atoms with Crippen molar-refractivity contribution in [2.45, 2.75) is 19.9 Å². The topological polar surface area (TPSA) is 32.5 Å². The summed E-state index contributed by atoms with van der Waals surface area (Å²) < 4.78 is 0. The van der Waals surface area contributed by atoms with Crippen molar-refractivity contribution in [3.8, 4) is 0 Å². The molecule has 0 fully saturated rings. The van der Waals surface area contributed by atoms with Crippen molar-refractivity contribution in [1.82, 2.24) is 9.80 Å².